The molecule has 1 unspecified atom stereocenters. The quantitative estimate of drug-likeness (QED) is 0.172. The fraction of sp³-hybridized carbons (Fsp3) is 0.564. The van der Waals surface area contributed by atoms with Gasteiger partial charge in [-0.3, -0.25) is 28.7 Å². The van der Waals surface area contributed by atoms with Gasteiger partial charge in [0.25, 0.3) is 5.91 Å². The molecule has 4 amide bonds. The molecule has 0 radical (unpaired) electrons. The Morgan fingerprint density at radius 3 is 2.38 bits per heavy atom. The van der Waals surface area contributed by atoms with Crippen LogP contribution in [0.25, 0.3) is 10.1 Å². The molecule has 4 fully saturated rings. The first kappa shape index (κ1) is 42.4. The molecule has 5 heterocycles. The first-order valence-corrected chi connectivity index (χ1v) is 21.4. The Labute approximate surface area is 324 Å². The van der Waals surface area contributed by atoms with Crippen molar-refractivity contribution in [2.75, 3.05) is 32.7 Å². The minimum Gasteiger partial charge on any atom is -0.365 e. The van der Waals surface area contributed by atoms with Gasteiger partial charge in [0.1, 0.15) is 0 Å². The molecule has 1 aromatic carbocycles. The van der Waals surface area contributed by atoms with E-state index in [1.807, 2.05) is 17.2 Å². The number of benzene rings is 1. The molecule has 3 aliphatic heterocycles. The van der Waals surface area contributed by atoms with Crippen LogP contribution in [0.4, 0.5) is 8.78 Å². The van der Waals surface area contributed by atoms with Crippen molar-refractivity contribution in [2.45, 2.75) is 95.7 Å². The summed E-state index contributed by atoms with van der Waals surface area (Å²) < 4.78 is 38.3. The van der Waals surface area contributed by atoms with Gasteiger partial charge in [0, 0.05) is 80.2 Å². The molecular weight excluding hydrogens is 751 g/mol. The second-order valence-corrected chi connectivity index (χ2v) is 18.4. The van der Waals surface area contributed by atoms with E-state index in [0.717, 1.165) is 75.3 Å². The number of halogens is 2. The van der Waals surface area contributed by atoms with E-state index in [2.05, 4.69) is 29.8 Å². The van der Waals surface area contributed by atoms with Crippen LogP contribution in [0, 0.1) is 11.3 Å². The SMILES string of the molecule is CC(C)(CC(=O)N1CCC(=O)N2CCCC2CC1)C1CCCCC1.NC(=O)c1cc2cc(C(F)(F)P(=O)(O)O)ccc2s1.O=CN1CC(c2cccnc2)C1. The Morgan fingerprint density at radius 2 is 1.75 bits per heavy atom. The third kappa shape index (κ3) is 10.5. The molecule has 300 valence electrons. The van der Waals surface area contributed by atoms with Crippen LogP contribution in [-0.2, 0) is 24.6 Å². The van der Waals surface area contributed by atoms with E-state index in [0.29, 0.717) is 42.0 Å². The minimum absolute atomic E-state index is 0.0866. The Morgan fingerprint density at radius 1 is 1.02 bits per heavy atom. The highest BCUT2D eigenvalue weighted by molar-refractivity contribution is 7.52. The van der Waals surface area contributed by atoms with Crippen LogP contribution in [0.5, 0.6) is 0 Å². The van der Waals surface area contributed by atoms with Crippen molar-refractivity contribution < 1.29 is 42.3 Å². The fourth-order valence-corrected chi connectivity index (χ4v) is 9.35. The van der Waals surface area contributed by atoms with E-state index in [1.54, 1.807) is 11.1 Å². The Kier molecular flexibility index (Phi) is 13.9. The summed E-state index contributed by atoms with van der Waals surface area (Å²) in [5.74, 6) is 1.01. The molecule has 16 heteroatoms. The maximum Gasteiger partial charge on any atom is 0.399 e. The van der Waals surface area contributed by atoms with E-state index in [1.165, 1.54) is 49.8 Å². The zero-order valence-corrected chi connectivity index (χ0v) is 33.2. The predicted octanol–water partition coefficient (Wildman–Crippen LogP) is 6.46. The van der Waals surface area contributed by atoms with Crippen molar-refractivity contribution in [3.05, 3.63) is 64.8 Å². The lowest BCUT2D eigenvalue weighted by molar-refractivity contribution is -0.138. The first-order chi connectivity index (χ1) is 26.0. The summed E-state index contributed by atoms with van der Waals surface area (Å²) in [6.07, 6.45) is 15.4. The van der Waals surface area contributed by atoms with Gasteiger partial charge in [0.05, 0.1) is 4.88 Å². The van der Waals surface area contributed by atoms with Crippen molar-refractivity contribution in [1.29, 1.82) is 0 Å². The summed E-state index contributed by atoms with van der Waals surface area (Å²) in [7, 11) is -5.60. The van der Waals surface area contributed by atoms with Gasteiger partial charge < -0.3 is 30.2 Å². The fourth-order valence-electron chi connectivity index (χ4n) is 7.98. The van der Waals surface area contributed by atoms with Crippen LogP contribution < -0.4 is 5.73 Å². The smallest absolute Gasteiger partial charge is 0.365 e. The molecule has 55 heavy (non-hydrogen) atoms. The standard InChI is InChI=1S/C20H34N2O2.C10H8F2NO4PS.C9H10N2O/c1-20(2,16-7-4-3-5-8-16)15-19(24)21-13-10-17-9-6-12-22(17)18(23)11-14-21;11-10(12,18(15,16)17)6-1-2-7-5(3-6)4-8(19-7)9(13)14;12-7-11-5-9(6-11)8-2-1-3-10-4-8/h16-17H,3-15H2,1-2H3;1-4H,(H2,13,14)(H2,15,16,17);1-4,7,9H,5-6H2. The number of amides is 4. The van der Waals surface area contributed by atoms with Crippen LogP contribution in [0.1, 0.15) is 105 Å². The lowest BCUT2D eigenvalue weighted by Gasteiger charge is -2.39. The molecule has 0 bridgehead atoms. The van der Waals surface area contributed by atoms with Crippen molar-refractivity contribution >= 4 is 53.2 Å². The molecule has 3 saturated heterocycles. The van der Waals surface area contributed by atoms with Crippen LogP contribution >= 0.6 is 18.9 Å². The number of likely N-dealkylation sites (tertiary alicyclic amines) is 1. The topological polar surface area (TPSA) is 174 Å². The van der Waals surface area contributed by atoms with Gasteiger partial charge in [-0.25, -0.2) is 0 Å². The number of hydrogen-bond donors (Lipinski definition) is 3. The zero-order chi connectivity index (χ0) is 40.0. The lowest BCUT2D eigenvalue weighted by Crippen LogP contribution is -2.46. The number of pyridine rings is 1. The first-order valence-electron chi connectivity index (χ1n) is 18.9. The minimum atomic E-state index is -5.60. The molecule has 1 saturated carbocycles. The third-order valence-electron chi connectivity index (χ3n) is 11.4. The molecule has 2 aromatic heterocycles. The number of fused-ring (bicyclic) bond motifs is 2. The van der Waals surface area contributed by atoms with E-state index in [-0.39, 0.29) is 27.5 Å². The molecule has 12 nitrogen and oxygen atoms in total. The van der Waals surface area contributed by atoms with Gasteiger partial charge in [0.15, 0.2) is 0 Å². The zero-order valence-electron chi connectivity index (χ0n) is 31.4. The number of nitrogens with two attached hydrogens (primary N) is 1. The number of thiophene rings is 1. The molecule has 1 atom stereocenters. The summed E-state index contributed by atoms with van der Waals surface area (Å²) in [6.45, 7) is 8.59. The van der Waals surface area contributed by atoms with Gasteiger partial charge >= 0.3 is 13.3 Å². The average Bonchev–Trinajstić information content (AvgIpc) is 3.78. The number of aromatic nitrogens is 1. The van der Waals surface area contributed by atoms with E-state index in [4.69, 9.17) is 15.5 Å². The highest BCUT2D eigenvalue weighted by Gasteiger charge is 2.50. The molecule has 7 rings (SSSR count). The van der Waals surface area contributed by atoms with Crippen molar-refractivity contribution in [3.8, 4) is 0 Å². The molecule has 1 aliphatic carbocycles. The largest absolute Gasteiger partial charge is 0.399 e. The van der Waals surface area contributed by atoms with Crippen molar-refractivity contribution in [1.82, 2.24) is 19.7 Å². The highest BCUT2D eigenvalue weighted by atomic mass is 32.1. The van der Waals surface area contributed by atoms with Crippen molar-refractivity contribution in [3.63, 3.8) is 0 Å². The highest BCUT2D eigenvalue weighted by Crippen LogP contribution is 2.59. The van der Waals surface area contributed by atoms with Crippen LogP contribution in [-0.4, -0.2) is 92.4 Å². The summed E-state index contributed by atoms with van der Waals surface area (Å²) >= 11 is 1.02. The number of carbonyl (C=O) groups is 4. The molecule has 4 N–H and O–H groups in total. The summed E-state index contributed by atoms with van der Waals surface area (Å²) in [5, 5.41) is 0.282. The summed E-state index contributed by atoms with van der Waals surface area (Å²) in [6, 6.07) is 8.80. The van der Waals surface area contributed by atoms with Crippen LogP contribution in [0.3, 0.4) is 0 Å². The number of primary amides is 1. The van der Waals surface area contributed by atoms with E-state index in [9.17, 15) is 32.5 Å². The number of rotatable bonds is 8. The van der Waals surface area contributed by atoms with Crippen molar-refractivity contribution in [2.24, 2.45) is 17.1 Å². The Bertz CT molecular complexity index is 1860. The van der Waals surface area contributed by atoms with E-state index < -0.39 is 24.7 Å². The summed E-state index contributed by atoms with van der Waals surface area (Å²) in [4.78, 5) is 73.8. The normalized spacial score (nSPS) is 19.9. The predicted molar refractivity (Wildman–Crippen MR) is 206 cm³/mol. The third-order valence-corrected chi connectivity index (χ3v) is 13.5. The van der Waals surface area contributed by atoms with Gasteiger partial charge in [-0.2, -0.15) is 8.78 Å². The number of carbonyl (C=O) groups excluding carboxylic acids is 4. The second-order valence-electron chi connectivity index (χ2n) is 15.7. The van der Waals surface area contributed by atoms with E-state index >= 15 is 0 Å². The van der Waals surface area contributed by atoms with Gasteiger partial charge in [0.2, 0.25) is 18.2 Å². The lowest BCUT2D eigenvalue weighted by atomic mass is 9.69. The maximum atomic E-state index is 13.5. The molecular formula is C39H52F2N5O7PS. The van der Waals surface area contributed by atoms with Crippen LogP contribution in [0.15, 0.2) is 48.8 Å². The van der Waals surface area contributed by atoms with Gasteiger partial charge in [-0.1, -0.05) is 45.2 Å². The average molecular weight is 804 g/mol. The number of alkyl halides is 2. The Hall–Kier alpha value is -3.78. The molecule has 0 spiro atoms. The second kappa shape index (κ2) is 18.0. The van der Waals surface area contributed by atoms with Crippen LogP contribution in [0.2, 0.25) is 0 Å². The number of hydrogen-bond acceptors (Lipinski definition) is 7. The Balaban J connectivity index is 0.000000167. The van der Waals surface area contributed by atoms with Gasteiger partial charge in [-0.05, 0) is 78.7 Å². The van der Waals surface area contributed by atoms with Gasteiger partial charge in [-0.15, -0.1) is 11.3 Å². The monoisotopic (exact) mass is 803 g/mol. The molecule has 4 aliphatic rings. The number of nitrogens with zero attached hydrogens (tertiary/aromatic N) is 4. The summed E-state index contributed by atoms with van der Waals surface area (Å²) in [5.41, 5.74) is 1.32. The maximum absolute atomic E-state index is 13.5. The molecule has 3 aromatic rings.